The number of allylic oxidation sites excluding steroid dienone is 1. The van der Waals surface area contributed by atoms with Gasteiger partial charge in [0.1, 0.15) is 4.49 Å². The van der Waals surface area contributed by atoms with Crippen molar-refractivity contribution < 1.29 is 4.79 Å². The summed E-state index contributed by atoms with van der Waals surface area (Å²) in [5.41, 5.74) is -0.0201. The third kappa shape index (κ3) is 3.03. The summed E-state index contributed by atoms with van der Waals surface area (Å²) in [5, 5.41) is 3.19. The summed E-state index contributed by atoms with van der Waals surface area (Å²) in [6, 6.07) is 0.374. The maximum atomic E-state index is 12.3. The molecule has 0 saturated heterocycles. The number of halogens is 2. The van der Waals surface area contributed by atoms with Crippen molar-refractivity contribution in [1.29, 1.82) is 0 Å². The second-order valence-electron chi connectivity index (χ2n) is 6.12. The van der Waals surface area contributed by atoms with Crippen LogP contribution in [0.1, 0.15) is 46.0 Å². The molecule has 2 fully saturated rings. The van der Waals surface area contributed by atoms with Gasteiger partial charge in [0.2, 0.25) is 5.91 Å². The SMILES string of the molecule is CC1(C)[C@@H](C=C(Cl)Cl)[C@@H]1C(=O)NC1CCCCC1. The van der Waals surface area contributed by atoms with Gasteiger partial charge in [-0.05, 0) is 30.3 Å². The van der Waals surface area contributed by atoms with Gasteiger partial charge >= 0.3 is 0 Å². The maximum Gasteiger partial charge on any atom is 0.224 e. The number of amides is 1. The molecule has 2 saturated carbocycles. The summed E-state index contributed by atoms with van der Waals surface area (Å²) in [4.78, 5) is 12.3. The van der Waals surface area contributed by atoms with Crippen LogP contribution in [-0.4, -0.2) is 11.9 Å². The van der Waals surface area contributed by atoms with E-state index in [1.807, 2.05) is 0 Å². The van der Waals surface area contributed by atoms with Gasteiger partial charge in [0.15, 0.2) is 0 Å². The van der Waals surface area contributed by atoms with Crippen molar-refractivity contribution >= 4 is 29.1 Å². The van der Waals surface area contributed by atoms with E-state index in [0.717, 1.165) is 12.8 Å². The molecule has 2 rings (SSSR count). The second-order valence-corrected chi connectivity index (χ2v) is 7.13. The predicted molar refractivity (Wildman–Crippen MR) is 75.6 cm³/mol. The second kappa shape index (κ2) is 5.42. The van der Waals surface area contributed by atoms with Crippen LogP contribution in [0.2, 0.25) is 0 Å². The Kier molecular flexibility index (Phi) is 4.28. The van der Waals surface area contributed by atoms with Crippen molar-refractivity contribution in [2.24, 2.45) is 17.3 Å². The number of hydrogen-bond acceptors (Lipinski definition) is 1. The van der Waals surface area contributed by atoms with Crippen LogP contribution in [0.25, 0.3) is 0 Å². The van der Waals surface area contributed by atoms with Gasteiger partial charge in [-0.15, -0.1) is 0 Å². The zero-order chi connectivity index (χ0) is 13.3. The number of rotatable bonds is 3. The molecule has 102 valence electrons. The van der Waals surface area contributed by atoms with E-state index >= 15 is 0 Å². The fraction of sp³-hybridized carbons (Fsp3) is 0.786. The first-order chi connectivity index (χ1) is 8.43. The lowest BCUT2D eigenvalue weighted by Crippen LogP contribution is -2.38. The molecule has 0 aromatic carbocycles. The zero-order valence-corrected chi connectivity index (χ0v) is 12.5. The van der Waals surface area contributed by atoms with Crippen molar-refractivity contribution in [1.82, 2.24) is 5.32 Å². The topological polar surface area (TPSA) is 29.1 Å². The summed E-state index contributed by atoms with van der Waals surface area (Å²) in [6.07, 6.45) is 7.81. The van der Waals surface area contributed by atoms with Gasteiger partial charge in [-0.25, -0.2) is 0 Å². The average molecular weight is 290 g/mol. The molecule has 18 heavy (non-hydrogen) atoms. The van der Waals surface area contributed by atoms with Gasteiger partial charge in [0.05, 0.1) is 5.92 Å². The van der Waals surface area contributed by atoms with Crippen LogP contribution in [0.5, 0.6) is 0 Å². The minimum Gasteiger partial charge on any atom is -0.353 e. The molecule has 2 aliphatic carbocycles. The van der Waals surface area contributed by atoms with Crippen LogP contribution < -0.4 is 5.32 Å². The number of nitrogens with one attached hydrogen (secondary N) is 1. The Labute approximate surface area is 119 Å². The highest BCUT2D eigenvalue weighted by molar-refractivity contribution is 6.55. The van der Waals surface area contributed by atoms with E-state index < -0.39 is 0 Å². The van der Waals surface area contributed by atoms with Crippen LogP contribution in [-0.2, 0) is 4.79 Å². The number of hydrogen-bond donors (Lipinski definition) is 1. The predicted octanol–water partition coefficient (Wildman–Crippen LogP) is 4.03. The molecule has 2 nitrogen and oxygen atoms in total. The molecule has 2 atom stereocenters. The Bertz CT molecular complexity index is 355. The fourth-order valence-corrected chi connectivity index (χ4v) is 3.43. The molecule has 0 unspecified atom stereocenters. The van der Waals surface area contributed by atoms with E-state index in [2.05, 4.69) is 19.2 Å². The number of carbonyl (C=O) groups excluding carboxylic acids is 1. The quantitative estimate of drug-likeness (QED) is 0.835. The highest BCUT2D eigenvalue weighted by Crippen LogP contribution is 2.59. The van der Waals surface area contributed by atoms with E-state index in [9.17, 15) is 4.79 Å². The molecule has 1 amide bonds. The van der Waals surface area contributed by atoms with Crippen LogP contribution in [0.4, 0.5) is 0 Å². The Morgan fingerprint density at radius 2 is 1.83 bits per heavy atom. The third-order valence-corrected chi connectivity index (χ3v) is 4.70. The summed E-state index contributed by atoms with van der Waals surface area (Å²) in [6.45, 7) is 4.19. The lowest BCUT2D eigenvalue weighted by molar-refractivity contribution is -0.124. The molecule has 0 aromatic rings. The van der Waals surface area contributed by atoms with Crippen molar-refractivity contribution in [3.05, 3.63) is 10.6 Å². The summed E-state index contributed by atoms with van der Waals surface area (Å²) in [7, 11) is 0. The van der Waals surface area contributed by atoms with Crippen molar-refractivity contribution in [2.45, 2.75) is 52.0 Å². The number of carbonyl (C=O) groups is 1. The molecule has 0 bridgehead atoms. The van der Waals surface area contributed by atoms with Crippen molar-refractivity contribution in [3.63, 3.8) is 0 Å². The monoisotopic (exact) mass is 289 g/mol. The lowest BCUT2D eigenvalue weighted by Gasteiger charge is -2.23. The first-order valence-corrected chi connectivity index (χ1v) is 7.51. The molecular formula is C14H21Cl2NO. The first-order valence-electron chi connectivity index (χ1n) is 6.76. The first kappa shape index (κ1) is 14.2. The van der Waals surface area contributed by atoms with E-state index in [1.54, 1.807) is 6.08 Å². The minimum atomic E-state index is -0.0201. The largest absolute Gasteiger partial charge is 0.353 e. The Morgan fingerprint density at radius 1 is 1.22 bits per heavy atom. The molecule has 0 heterocycles. The molecule has 2 aliphatic rings. The molecule has 4 heteroatoms. The zero-order valence-electron chi connectivity index (χ0n) is 11.0. The summed E-state index contributed by atoms with van der Waals surface area (Å²) in [5.74, 6) is 0.362. The van der Waals surface area contributed by atoms with Gasteiger partial charge in [-0.3, -0.25) is 4.79 Å². The van der Waals surface area contributed by atoms with E-state index in [4.69, 9.17) is 23.2 Å². The van der Waals surface area contributed by atoms with Gasteiger partial charge in [0.25, 0.3) is 0 Å². The Morgan fingerprint density at radius 3 is 2.39 bits per heavy atom. The van der Waals surface area contributed by atoms with Gasteiger partial charge < -0.3 is 5.32 Å². The van der Waals surface area contributed by atoms with E-state index in [-0.39, 0.29) is 27.6 Å². The van der Waals surface area contributed by atoms with Crippen LogP contribution >= 0.6 is 23.2 Å². The van der Waals surface area contributed by atoms with Crippen LogP contribution in [0, 0.1) is 17.3 Å². The van der Waals surface area contributed by atoms with Gasteiger partial charge in [0, 0.05) is 6.04 Å². The molecule has 0 aromatic heterocycles. The Balaban J connectivity index is 1.91. The van der Waals surface area contributed by atoms with Crippen molar-refractivity contribution in [2.75, 3.05) is 0 Å². The van der Waals surface area contributed by atoms with Gasteiger partial charge in [-0.2, -0.15) is 0 Å². The summed E-state index contributed by atoms with van der Waals surface area (Å²) >= 11 is 11.4. The smallest absolute Gasteiger partial charge is 0.224 e. The molecular weight excluding hydrogens is 269 g/mol. The summed E-state index contributed by atoms with van der Waals surface area (Å²) < 4.78 is 0.265. The third-order valence-electron chi connectivity index (χ3n) is 4.45. The highest BCUT2D eigenvalue weighted by atomic mass is 35.5. The standard InChI is InChI=1S/C14H21Cl2NO/c1-14(2)10(8-11(15)16)12(14)13(18)17-9-6-4-3-5-7-9/h8-10,12H,3-7H2,1-2H3,(H,17,18)/t10-,12+/m0/s1. The van der Waals surface area contributed by atoms with Crippen molar-refractivity contribution in [3.8, 4) is 0 Å². The molecule has 0 spiro atoms. The minimum absolute atomic E-state index is 0.0201. The van der Waals surface area contributed by atoms with E-state index in [0.29, 0.717) is 6.04 Å². The highest BCUT2D eigenvalue weighted by Gasteiger charge is 2.60. The van der Waals surface area contributed by atoms with Gasteiger partial charge in [-0.1, -0.05) is 56.3 Å². The van der Waals surface area contributed by atoms with Crippen LogP contribution in [0.3, 0.4) is 0 Å². The van der Waals surface area contributed by atoms with E-state index in [1.165, 1.54) is 19.3 Å². The average Bonchev–Trinajstić information content (AvgIpc) is 2.80. The lowest BCUT2D eigenvalue weighted by atomic mass is 9.95. The molecule has 0 radical (unpaired) electrons. The molecule has 0 aliphatic heterocycles. The fourth-order valence-electron chi connectivity index (χ4n) is 3.16. The maximum absolute atomic E-state index is 12.3. The normalized spacial score (nSPS) is 30.7. The Hall–Kier alpha value is -0.210. The van der Waals surface area contributed by atoms with Crippen LogP contribution in [0.15, 0.2) is 10.6 Å². The molecule has 1 N–H and O–H groups in total.